The summed E-state index contributed by atoms with van der Waals surface area (Å²) in [6, 6.07) is -4.36. The van der Waals surface area contributed by atoms with Crippen LogP contribution < -0.4 is 5.32 Å². The van der Waals surface area contributed by atoms with Crippen molar-refractivity contribution in [3.05, 3.63) is 21.4 Å². The van der Waals surface area contributed by atoms with Gasteiger partial charge in [-0.05, 0) is 13.8 Å². The molecule has 2 amide bonds. The molecule has 1 aliphatic heterocycles. The van der Waals surface area contributed by atoms with Crippen LogP contribution in [0.5, 0.6) is 0 Å². The Balaban J connectivity index is 2.72. The van der Waals surface area contributed by atoms with Crippen LogP contribution in [0.15, 0.2) is 11.3 Å². The fourth-order valence-electron chi connectivity index (χ4n) is 3.10. The highest BCUT2D eigenvalue weighted by atomic mass is 16.6. The zero-order valence-electron chi connectivity index (χ0n) is 11.7. The number of aliphatic hydroxyl groups excluding tert-OH is 1. The van der Waals surface area contributed by atoms with Crippen molar-refractivity contribution in [1.82, 2.24) is 10.2 Å². The van der Waals surface area contributed by atoms with Gasteiger partial charge in [-0.3, -0.25) is 19.7 Å². The summed E-state index contributed by atoms with van der Waals surface area (Å²) in [5.74, 6) is -2.93. The van der Waals surface area contributed by atoms with E-state index in [1.807, 2.05) is 0 Å². The van der Waals surface area contributed by atoms with E-state index in [2.05, 4.69) is 5.32 Å². The Labute approximate surface area is 119 Å². The number of likely N-dealkylation sites (N-methyl/N-ethyl adjacent to an activating group) is 1. The molecule has 2 rings (SSSR count). The standard InChI is InChI=1S/C12H15N3O6/c1-4(16)6-8-10(15(20)21)9(14(3)12(19)13-8)7(5(2)17)11(6)18/h6,8-10,18H,1-3H3,(H,13,19). The van der Waals surface area contributed by atoms with Crippen LogP contribution in [0.4, 0.5) is 4.79 Å². The Hall–Kier alpha value is -2.45. The van der Waals surface area contributed by atoms with Gasteiger partial charge in [-0.2, -0.15) is 0 Å². The first-order valence-corrected chi connectivity index (χ1v) is 6.29. The van der Waals surface area contributed by atoms with Gasteiger partial charge in [-0.15, -0.1) is 0 Å². The number of Topliss-reactive ketones (excluding diaryl/α,β-unsaturated/α-hetero) is 2. The molecule has 1 fully saturated rings. The third-order valence-electron chi connectivity index (χ3n) is 4.01. The smallest absolute Gasteiger partial charge is 0.318 e. The highest BCUT2D eigenvalue weighted by Crippen LogP contribution is 2.37. The van der Waals surface area contributed by atoms with E-state index in [4.69, 9.17) is 0 Å². The number of nitro groups is 1. The van der Waals surface area contributed by atoms with E-state index in [-0.39, 0.29) is 5.57 Å². The third-order valence-corrected chi connectivity index (χ3v) is 4.01. The second-order valence-electron chi connectivity index (χ2n) is 5.25. The number of hydrogen-bond donors (Lipinski definition) is 2. The summed E-state index contributed by atoms with van der Waals surface area (Å²) in [7, 11) is 1.30. The Morgan fingerprint density at radius 1 is 1.38 bits per heavy atom. The Morgan fingerprint density at radius 2 is 1.95 bits per heavy atom. The van der Waals surface area contributed by atoms with E-state index in [0.29, 0.717) is 0 Å². The lowest BCUT2D eigenvalue weighted by molar-refractivity contribution is -0.535. The van der Waals surface area contributed by atoms with E-state index in [1.165, 1.54) is 7.05 Å². The number of carbonyl (C=O) groups excluding carboxylic acids is 3. The number of rotatable bonds is 3. The SMILES string of the molecule is CC(=O)C1=C(O)C(C(C)=O)C2NC(=O)N(C)C1C2[N+](=O)[O-]. The number of hydrogen-bond acceptors (Lipinski definition) is 6. The van der Waals surface area contributed by atoms with Crippen LogP contribution in [0, 0.1) is 16.0 Å². The fraction of sp³-hybridized carbons (Fsp3) is 0.583. The summed E-state index contributed by atoms with van der Waals surface area (Å²) in [5.41, 5.74) is -0.245. The molecule has 2 aliphatic rings. The molecule has 0 aromatic carbocycles. The van der Waals surface area contributed by atoms with Crippen LogP contribution in [0.1, 0.15) is 13.8 Å². The summed E-state index contributed by atoms with van der Waals surface area (Å²) in [6.45, 7) is 2.29. The third kappa shape index (κ3) is 2.05. The van der Waals surface area contributed by atoms with Crippen molar-refractivity contribution >= 4 is 17.6 Å². The molecular formula is C12H15N3O6. The van der Waals surface area contributed by atoms with E-state index >= 15 is 0 Å². The molecule has 21 heavy (non-hydrogen) atoms. The van der Waals surface area contributed by atoms with Gasteiger partial charge >= 0.3 is 6.03 Å². The summed E-state index contributed by atoms with van der Waals surface area (Å²) < 4.78 is 0. The zero-order chi connectivity index (χ0) is 16.1. The van der Waals surface area contributed by atoms with Gasteiger partial charge in [0.2, 0.25) is 0 Å². The highest BCUT2D eigenvalue weighted by Gasteiger charge is 2.59. The molecule has 9 heteroatoms. The minimum atomic E-state index is -1.38. The lowest BCUT2D eigenvalue weighted by atomic mass is 9.73. The molecule has 4 unspecified atom stereocenters. The van der Waals surface area contributed by atoms with Crippen LogP contribution in [0.3, 0.4) is 0 Å². The molecule has 4 atom stereocenters. The molecule has 0 spiro atoms. The largest absolute Gasteiger partial charge is 0.511 e. The van der Waals surface area contributed by atoms with Crippen molar-refractivity contribution in [2.24, 2.45) is 5.92 Å². The molecule has 2 bridgehead atoms. The first kappa shape index (κ1) is 14.9. The molecule has 0 aromatic rings. The van der Waals surface area contributed by atoms with Crippen molar-refractivity contribution in [2.45, 2.75) is 32.0 Å². The molecule has 0 aromatic heterocycles. The number of ketones is 2. The Morgan fingerprint density at radius 3 is 2.38 bits per heavy atom. The van der Waals surface area contributed by atoms with E-state index < -0.39 is 52.3 Å². The predicted molar refractivity (Wildman–Crippen MR) is 69.2 cm³/mol. The van der Waals surface area contributed by atoms with Gasteiger partial charge in [-0.25, -0.2) is 4.79 Å². The topological polar surface area (TPSA) is 130 Å². The normalized spacial score (nSPS) is 31.8. The maximum absolute atomic E-state index is 11.9. The summed E-state index contributed by atoms with van der Waals surface area (Å²) in [4.78, 5) is 47.2. The van der Waals surface area contributed by atoms with E-state index in [0.717, 1.165) is 18.7 Å². The Bertz CT molecular complexity index is 584. The monoisotopic (exact) mass is 297 g/mol. The number of nitrogens with zero attached hydrogens (tertiary/aromatic N) is 2. The number of fused-ring (bicyclic) bond motifs is 2. The van der Waals surface area contributed by atoms with Crippen molar-refractivity contribution in [3.8, 4) is 0 Å². The lowest BCUT2D eigenvalue weighted by Gasteiger charge is -2.45. The van der Waals surface area contributed by atoms with Crippen molar-refractivity contribution in [3.63, 3.8) is 0 Å². The van der Waals surface area contributed by atoms with Gasteiger partial charge in [0, 0.05) is 12.0 Å². The Kier molecular flexibility index (Phi) is 3.44. The zero-order valence-corrected chi connectivity index (χ0v) is 11.7. The maximum Gasteiger partial charge on any atom is 0.318 e. The molecule has 1 saturated heterocycles. The van der Waals surface area contributed by atoms with Crippen LogP contribution >= 0.6 is 0 Å². The van der Waals surface area contributed by atoms with E-state index in [1.54, 1.807) is 0 Å². The van der Waals surface area contributed by atoms with Crippen LogP contribution in [-0.4, -0.2) is 57.7 Å². The molecule has 0 radical (unpaired) electrons. The van der Waals surface area contributed by atoms with Gasteiger partial charge in [0.25, 0.3) is 6.04 Å². The van der Waals surface area contributed by atoms with Gasteiger partial charge in [-0.1, -0.05) is 0 Å². The average molecular weight is 297 g/mol. The van der Waals surface area contributed by atoms with Gasteiger partial charge in [0.05, 0.1) is 5.57 Å². The summed E-state index contributed by atoms with van der Waals surface area (Å²) >= 11 is 0. The molecule has 2 N–H and O–H groups in total. The number of carbonyl (C=O) groups is 3. The second kappa shape index (κ2) is 4.83. The minimum absolute atomic E-state index is 0.245. The quantitative estimate of drug-likeness (QED) is 0.540. The number of aliphatic hydroxyl groups is 1. The molecule has 0 saturated carbocycles. The number of amides is 2. The molecule has 114 valence electrons. The van der Waals surface area contributed by atoms with Crippen molar-refractivity contribution < 1.29 is 24.4 Å². The fourth-order valence-corrected chi connectivity index (χ4v) is 3.10. The first-order valence-electron chi connectivity index (χ1n) is 6.29. The van der Waals surface area contributed by atoms with Gasteiger partial charge in [0.1, 0.15) is 29.5 Å². The van der Waals surface area contributed by atoms with Gasteiger partial charge in [0.15, 0.2) is 5.78 Å². The summed E-state index contributed by atoms with van der Waals surface area (Å²) in [6.07, 6.45) is 0. The number of nitrogens with one attached hydrogen (secondary N) is 1. The predicted octanol–water partition coefficient (Wildman–Crippen LogP) is -0.356. The van der Waals surface area contributed by atoms with Crippen LogP contribution in [-0.2, 0) is 9.59 Å². The first-order chi connectivity index (χ1) is 9.68. The van der Waals surface area contributed by atoms with Gasteiger partial charge < -0.3 is 15.3 Å². The summed E-state index contributed by atoms with van der Waals surface area (Å²) in [5, 5.41) is 23.9. The molecular weight excluding hydrogens is 282 g/mol. The van der Waals surface area contributed by atoms with E-state index in [9.17, 15) is 29.6 Å². The van der Waals surface area contributed by atoms with Crippen LogP contribution in [0.2, 0.25) is 0 Å². The van der Waals surface area contributed by atoms with Crippen molar-refractivity contribution in [1.29, 1.82) is 0 Å². The molecule has 9 nitrogen and oxygen atoms in total. The van der Waals surface area contributed by atoms with Crippen molar-refractivity contribution in [2.75, 3.05) is 7.05 Å². The van der Waals surface area contributed by atoms with Crippen LogP contribution in [0.25, 0.3) is 0 Å². The second-order valence-corrected chi connectivity index (χ2v) is 5.25. The lowest BCUT2D eigenvalue weighted by Crippen LogP contribution is -2.71. The molecule has 1 heterocycles. The maximum atomic E-state index is 11.9. The highest BCUT2D eigenvalue weighted by molar-refractivity contribution is 5.99. The average Bonchev–Trinajstić information content (AvgIpc) is 2.33. The molecule has 1 aliphatic carbocycles. The number of urea groups is 1. The minimum Gasteiger partial charge on any atom is -0.511 e.